The number of hydrogen-bond acceptors (Lipinski definition) is 4. The molecule has 16 heavy (non-hydrogen) atoms. The summed E-state index contributed by atoms with van der Waals surface area (Å²) >= 11 is 10.4. The Morgan fingerprint density at radius 2 is 2.19 bits per heavy atom. The van der Waals surface area contributed by atoms with E-state index in [9.17, 15) is 0 Å². The third kappa shape index (κ3) is 2.42. The number of hydrazine groups is 1. The highest BCUT2D eigenvalue weighted by Crippen LogP contribution is 2.39. The second kappa shape index (κ2) is 5.29. The van der Waals surface area contributed by atoms with Crippen LogP contribution in [0.2, 0.25) is 0 Å². The van der Waals surface area contributed by atoms with Gasteiger partial charge in [0.1, 0.15) is 0 Å². The van der Waals surface area contributed by atoms with E-state index in [1.807, 2.05) is 0 Å². The van der Waals surface area contributed by atoms with Crippen molar-refractivity contribution in [3.8, 4) is 0 Å². The second-order valence-corrected chi connectivity index (χ2v) is 8.04. The van der Waals surface area contributed by atoms with E-state index in [4.69, 9.17) is 5.84 Å². The number of halogens is 2. The lowest BCUT2D eigenvalue weighted by atomic mass is 10.1. The van der Waals surface area contributed by atoms with Gasteiger partial charge in [-0.25, -0.2) is 5.43 Å². The fourth-order valence-electron chi connectivity index (χ4n) is 1.54. The highest BCUT2D eigenvalue weighted by molar-refractivity contribution is 9.12. The van der Waals surface area contributed by atoms with Crippen molar-refractivity contribution >= 4 is 54.5 Å². The lowest BCUT2D eigenvalue weighted by Gasteiger charge is -2.15. The van der Waals surface area contributed by atoms with Crippen molar-refractivity contribution in [2.45, 2.75) is 13.0 Å². The largest absolute Gasteiger partial charge is 0.271 e. The van der Waals surface area contributed by atoms with Crippen molar-refractivity contribution in [3.05, 3.63) is 41.1 Å². The molecule has 0 radical (unpaired) electrons. The smallest absolute Gasteiger partial charge is 0.0824 e. The van der Waals surface area contributed by atoms with Gasteiger partial charge in [0.25, 0.3) is 0 Å². The van der Waals surface area contributed by atoms with Crippen molar-refractivity contribution in [1.82, 2.24) is 5.43 Å². The average molecular weight is 382 g/mol. The summed E-state index contributed by atoms with van der Waals surface area (Å²) in [4.78, 5) is 1.26. The molecule has 0 aromatic carbocycles. The number of rotatable bonds is 3. The molecule has 2 heterocycles. The van der Waals surface area contributed by atoms with Gasteiger partial charge in [-0.05, 0) is 61.9 Å². The first-order valence-corrected chi connectivity index (χ1v) is 7.86. The van der Waals surface area contributed by atoms with Crippen LogP contribution >= 0.6 is 54.5 Å². The third-order valence-electron chi connectivity index (χ3n) is 2.32. The van der Waals surface area contributed by atoms with Crippen molar-refractivity contribution in [2.75, 3.05) is 0 Å². The standard InChI is InChI=1S/C10H10Br2N2S2/c1-5-2-3-15-9(5)8(14-13)6-4-7(11)16-10(6)12/h2-4,8,14H,13H2,1H3. The van der Waals surface area contributed by atoms with E-state index < -0.39 is 0 Å². The molecule has 2 rings (SSSR count). The summed E-state index contributed by atoms with van der Waals surface area (Å²) in [7, 11) is 0. The van der Waals surface area contributed by atoms with Crippen LogP contribution in [0, 0.1) is 6.92 Å². The number of nitrogens with two attached hydrogens (primary N) is 1. The lowest BCUT2D eigenvalue weighted by molar-refractivity contribution is 0.644. The number of thiophene rings is 2. The summed E-state index contributed by atoms with van der Waals surface area (Å²) in [6, 6.07) is 4.26. The molecule has 0 fully saturated rings. The van der Waals surface area contributed by atoms with Gasteiger partial charge in [0.05, 0.1) is 13.6 Å². The molecule has 2 aromatic rings. The first-order chi connectivity index (χ1) is 7.63. The Labute approximate surface area is 119 Å². The summed E-state index contributed by atoms with van der Waals surface area (Å²) in [5.41, 5.74) is 5.32. The second-order valence-electron chi connectivity index (χ2n) is 3.35. The minimum absolute atomic E-state index is 0.0527. The Bertz CT molecular complexity index is 493. The molecular formula is C10H10Br2N2S2. The van der Waals surface area contributed by atoms with Crippen molar-refractivity contribution in [3.63, 3.8) is 0 Å². The number of hydrogen-bond donors (Lipinski definition) is 2. The van der Waals surface area contributed by atoms with Crippen LogP contribution in [0.1, 0.15) is 22.0 Å². The van der Waals surface area contributed by atoms with E-state index in [0.717, 1.165) is 7.57 Å². The lowest BCUT2D eigenvalue weighted by Crippen LogP contribution is -2.28. The Kier molecular flexibility index (Phi) is 4.21. The maximum Gasteiger partial charge on any atom is 0.0824 e. The zero-order valence-electron chi connectivity index (χ0n) is 8.46. The molecule has 1 atom stereocenters. The summed E-state index contributed by atoms with van der Waals surface area (Å²) in [6.45, 7) is 2.10. The topological polar surface area (TPSA) is 38.0 Å². The fraction of sp³-hybridized carbons (Fsp3) is 0.200. The minimum Gasteiger partial charge on any atom is -0.271 e. The molecule has 2 aromatic heterocycles. The van der Waals surface area contributed by atoms with Gasteiger partial charge in [-0.3, -0.25) is 5.84 Å². The molecule has 2 nitrogen and oxygen atoms in total. The monoisotopic (exact) mass is 380 g/mol. The van der Waals surface area contributed by atoms with Gasteiger partial charge >= 0.3 is 0 Å². The van der Waals surface area contributed by atoms with Crippen LogP contribution in [0.5, 0.6) is 0 Å². The zero-order valence-corrected chi connectivity index (χ0v) is 13.3. The van der Waals surface area contributed by atoms with Crippen LogP contribution in [0.4, 0.5) is 0 Å². The SMILES string of the molecule is Cc1ccsc1C(NN)c1cc(Br)sc1Br. The van der Waals surface area contributed by atoms with Crippen LogP contribution in [0.15, 0.2) is 25.1 Å². The zero-order chi connectivity index (χ0) is 11.7. The summed E-state index contributed by atoms with van der Waals surface area (Å²) < 4.78 is 2.21. The van der Waals surface area contributed by atoms with E-state index in [0.29, 0.717) is 0 Å². The molecule has 86 valence electrons. The van der Waals surface area contributed by atoms with E-state index in [-0.39, 0.29) is 6.04 Å². The predicted octanol–water partition coefficient (Wildman–Crippen LogP) is 4.20. The van der Waals surface area contributed by atoms with Gasteiger partial charge in [-0.2, -0.15) is 0 Å². The Morgan fingerprint density at radius 1 is 1.44 bits per heavy atom. The molecule has 0 saturated heterocycles. The van der Waals surface area contributed by atoms with Gasteiger partial charge in [0.2, 0.25) is 0 Å². The van der Waals surface area contributed by atoms with Crippen molar-refractivity contribution in [2.24, 2.45) is 5.84 Å². The van der Waals surface area contributed by atoms with Crippen molar-refractivity contribution < 1.29 is 0 Å². The molecule has 0 aliphatic heterocycles. The molecule has 0 saturated carbocycles. The molecule has 6 heteroatoms. The molecule has 0 aliphatic rings. The maximum atomic E-state index is 5.67. The highest BCUT2D eigenvalue weighted by Gasteiger charge is 2.20. The van der Waals surface area contributed by atoms with Crippen LogP contribution in [0.3, 0.4) is 0 Å². The maximum absolute atomic E-state index is 5.67. The van der Waals surface area contributed by atoms with Crippen LogP contribution in [-0.4, -0.2) is 0 Å². The summed E-state index contributed by atoms with van der Waals surface area (Å²) in [5, 5.41) is 2.09. The number of nitrogens with one attached hydrogen (secondary N) is 1. The van der Waals surface area contributed by atoms with Gasteiger partial charge in [0, 0.05) is 10.4 Å². The van der Waals surface area contributed by atoms with E-state index in [1.165, 1.54) is 16.0 Å². The first-order valence-electron chi connectivity index (χ1n) is 4.58. The Balaban J connectivity index is 2.44. The van der Waals surface area contributed by atoms with E-state index in [1.54, 1.807) is 22.7 Å². The minimum atomic E-state index is 0.0527. The van der Waals surface area contributed by atoms with Gasteiger partial charge in [0.15, 0.2) is 0 Å². The molecule has 0 bridgehead atoms. The van der Waals surface area contributed by atoms with Crippen molar-refractivity contribution in [1.29, 1.82) is 0 Å². The van der Waals surface area contributed by atoms with E-state index in [2.05, 4.69) is 61.7 Å². The summed E-state index contributed by atoms with van der Waals surface area (Å²) in [6.07, 6.45) is 0. The number of aryl methyl sites for hydroxylation is 1. The molecule has 3 N–H and O–H groups in total. The molecular weight excluding hydrogens is 372 g/mol. The summed E-state index contributed by atoms with van der Waals surface area (Å²) in [5.74, 6) is 5.67. The van der Waals surface area contributed by atoms with Gasteiger partial charge < -0.3 is 0 Å². The molecule has 0 spiro atoms. The normalized spacial score (nSPS) is 13.0. The Hall–Kier alpha value is 0.280. The molecule has 0 amide bonds. The predicted molar refractivity (Wildman–Crippen MR) is 77.9 cm³/mol. The third-order valence-corrected chi connectivity index (χ3v) is 5.79. The first kappa shape index (κ1) is 12.7. The Morgan fingerprint density at radius 3 is 2.62 bits per heavy atom. The average Bonchev–Trinajstić information content (AvgIpc) is 2.77. The quantitative estimate of drug-likeness (QED) is 0.617. The van der Waals surface area contributed by atoms with Crippen LogP contribution in [0.25, 0.3) is 0 Å². The fourth-order valence-corrected chi connectivity index (χ4v) is 5.44. The molecule has 1 unspecified atom stereocenters. The highest BCUT2D eigenvalue weighted by atomic mass is 79.9. The molecule has 0 aliphatic carbocycles. The van der Waals surface area contributed by atoms with E-state index >= 15 is 0 Å². The van der Waals surface area contributed by atoms with Crippen LogP contribution in [-0.2, 0) is 0 Å². The van der Waals surface area contributed by atoms with Gasteiger partial charge in [-0.15, -0.1) is 22.7 Å². The van der Waals surface area contributed by atoms with Crippen LogP contribution < -0.4 is 11.3 Å². The van der Waals surface area contributed by atoms with Gasteiger partial charge in [-0.1, -0.05) is 0 Å².